The van der Waals surface area contributed by atoms with E-state index >= 15 is 0 Å². The number of rotatable bonds is 74. The Balaban J connectivity index is 5.18. The van der Waals surface area contributed by atoms with Gasteiger partial charge in [0, 0.05) is 25.7 Å². The summed E-state index contributed by atoms with van der Waals surface area (Å²) >= 11 is 0. The van der Waals surface area contributed by atoms with Gasteiger partial charge in [0.2, 0.25) is 0 Å². The fourth-order valence-electron chi connectivity index (χ4n) is 11.5. The minimum atomic E-state index is -4.95. The highest BCUT2D eigenvalue weighted by Crippen LogP contribution is 2.45. The molecule has 0 heterocycles. The quantitative estimate of drug-likeness (QED) is 0.0222. The summed E-state index contributed by atoms with van der Waals surface area (Å²) in [5.41, 5.74) is 0. The van der Waals surface area contributed by atoms with E-state index in [0.29, 0.717) is 25.7 Å². The third-order valence-electron chi connectivity index (χ3n) is 17.5. The van der Waals surface area contributed by atoms with Gasteiger partial charge in [-0.2, -0.15) is 0 Å². The second kappa shape index (κ2) is 66.9. The Kier molecular flexibility index (Phi) is 65.5. The molecule has 2 unspecified atom stereocenters. The molecule has 0 aromatic rings. The highest BCUT2D eigenvalue weighted by atomic mass is 31.2. The maximum Gasteiger partial charge on any atom is 0.472 e. The number of carbonyl (C=O) groups is 4. The van der Waals surface area contributed by atoms with Crippen LogP contribution in [0.2, 0.25) is 0 Å². The number of phosphoric ester groups is 2. The van der Waals surface area contributed by atoms with Crippen molar-refractivity contribution in [2.45, 2.75) is 407 Å². The molecule has 0 aromatic heterocycles. The number of carbonyl (C=O) groups excluding carboxylic acids is 4. The number of hydrogen-bond donors (Lipinski definition) is 3. The number of aliphatic hydroxyl groups excluding tert-OH is 1. The van der Waals surface area contributed by atoms with Crippen LogP contribution in [0.5, 0.6) is 0 Å². The van der Waals surface area contributed by atoms with Gasteiger partial charge in [-0.05, 0) is 37.5 Å². The van der Waals surface area contributed by atoms with E-state index in [1.165, 1.54) is 205 Å². The van der Waals surface area contributed by atoms with E-state index in [1.807, 2.05) is 0 Å². The van der Waals surface area contributed by atoms with Gasteiger partial charge < -0.3 is 33.8 Å². The van der Waals surface area contributed by atoms with Crippen molar-refractivity contribution in [3.63, 3.8) is 0 Å². The molecule has 558 valence electrons. The molecule has 5 atom stereocenters. The Bertz CT molecular complexity index is 1820. The molecule has 0 saturated carbocycles. The van der Waals surface area contributed by atoms with Crippen LogP contribution in [0.15, 0.2) is 0 Å². The summed E-state index contributed by atoms with van der Waals surface area (Å²) in [5, 5.41) is 10.6. The summed E-state index contributed by atoms with van der Waals surface area (Å²) in [6.07, 6.45) is 54.2. The maximum atomic E-state index is 13.1. The van der Waals surface area contributed by atoms with Gasteiger partial charge in [0.15, 0.2) is 12.2 Å². The molecule has 0 radical (unpaired) electrons. The summed E-state index contributed by atoms with van der Waals surface area (Å²) in [6.45, 7) is 9.57. The van der Waals surface area contributed by atoms with Crippen molar-refractivity contribution in [3.8, 4) is 0 Å². The van der Waals surface area contributed by atoms with Crippen molar-refractivity contribution in [2.75, 3.05) is 39.6 Å². The van der Waals surface area contributed by atoms with Gasteiger partial charge >= 0.3 is 39.5 Å². The summed E-state index contributed by atoms with van der Waals surface area (Å²) in [4.78, 5) is 72.7. The van der Waals surface area contributed by atoms with Crippen molar-refractivity contribution < 1.29 is 80.2 Å². The molecule has 0 spiro atoms. The zero-order chi connectivity index (χ0) is 69.3. The summed E-state index contributed by atoms with van der Waals surface area (Å²) < 4.78 is 68.4. The SMILES string of the molecule is CCCCCCCCCCCCCCC(=O)OC[C@H](COP(=O)(O)OC[C@@H](O)COP(=O)(O)OC[C@@H](COC(=O)CCCCCCCCCCCC)OC(=O)CCCCCCCCCCC(C)C)OC(=O)CCCCCCCCCCCCCCCCCCCCC(C)C. The van der Waals surface area contributed by atoms with Gasteiger partial charge in [0.1, 0.15) is 19.3 Å². The minimum absolute atomic E-state index is 0.105. The molecule has 0 aliphatic heterocycles. The lowest BCUT2D eigenvalue weighted by Gasteiger charge is -2.21. The summed E-state index contributed by atoms with van der Waals surface area (Å²) in [6, 6.07) is 0. The molecular weight excluding hydrogens is 1230 g/mol. The first kappa shape index (κ1) is 92.1. The van der Waals surface area contributed by atoms with Gasteiger partial charge in [-0.25, -0.2) is 9.13 Å². The second-order valence-corrected chi connectivity index (χ2v) is 30.9. The van der Waals surface area contributed by atoms with Gasteiger partial charge in [-0.3, -0.25) is 37.3 Å². The number of esters is 4. The van der Waals surface area contributed by atoms with Crippen LogP contribution in [0, 0.1) is 11.8 Å². The van der Waals surface area contributed by atoms with Crippen molar-refractivity contribution in [1.29, 1.82) is 0 Å². The van der Waals surface area contributed by atoms with Gasteiger partial charge in [-0.1, -0.05) is 337 Å². The Morgan fingerprint density at radius 1 is 0.287 bits per heavy atom. The lowest BCUT2D eigenvalue weighted by molar-refractivity contribution is -0.161. The topological polar surface area (TPSA) is 237 Å². The van der Waals surface area contributed by atoms with Crippen LogP contribution in [0.25, 0.3) is 0 Å². The molecule has 0 fully saturated rings. The normalized spacial score (nSPS) is 14.0. The molecule has 19 heteroatoms. The van der Waals surface area contributed by atoms with E-state index in [2.05, 4.69) is 41.5 Å². The molecule has 94 heavy (non-hydrogen) atoms. The van der Waals surface area contributed by atoms with E-state index in [0.717, 1.165) is 102 Å². The average Bonchev–Trinajstić information content (AvgIpc) is 2.20. The number of unbranched alkanes of at least 4 members (excludes halogenated alkanes) is 44. The largest absolute Gasteiger partial charge is 0.472 e. The molecule has 3 N–H and O–H groups in total. The van der Waals surface area contributed by atoms with Crippen LogP contribution in [-0.4, -0.2) is 96.7 Å². The number of hydrogen-bond acceptors (Lipinski definition) is 15. The molecule has 0 amide bonds. The first-order valence-electron chi connectivity index (χ1n) is 39.0. The third kappa shape index (κ3) is 68.6. The molecular formula is C75H146O17P2. The van der Waals surface area contributed by atoms with Crippen molar-refractivity contribution >= 4 is 39.5 Å². The monoisotopic (exact) mass is 1380 g/mol. The Morgan fingerprint density at radius 2 is 0.489 bits per heavy atom. The van der Waals surface area contributed by atoms with Crippen LogP contribution >= 0.6 is 15.6 Å². The summed E-state index contributed by atoms with van der Waals surface area (Å²) in [7, 11) is -9.91. The maximum absolute atomic E-state index is 13.1. The van der Waals surface area contributed by atoms with Crippen molar-refractivity contribution in [1.82, 2.24) is 0 Å². The standard InChI is InChI=1S/C75H146O17P2/c1-7-9-11-13-15-17-19-29-33-40-46-52-58-73(78)86-63-70(91-74(79)59-53-47-41-34-30-27-25-23-21-20-22-24-26-28-31-37-43-49-55-67(3)4)65-89-93(81,82)87-61-69(76)62-88-94(83,84)90-66-71(64-85-72(77)57-51-45-39-32-18-16-14-12-10-8-2)92-75(80)60-54-48-42-36-35-38-44-50-56-68(5)6/h67-71,76H,7-66H2,1-6H3,(H,81,82)(H,83,84)/t69-,70-,71-/m1/s1. The molecule has 0 aliphatic carbocycles. The zero-order valence-corrected chi connectivity index (χ0v) is 63.1. The molecule has 0 aliphatic rings. The Labute approximate surface area is 575 Å². The van der Waals surface area contributed by atoms with Crippen LogP contribution in [0.1, 0.15) is 388 Å². The van der Waals surface area contributed by atoms with E-state index in [9.17, 15) is 43.2 Å². The first-order valence-corrected chi connectivity index (χ1v) is 42.0. The van der Waals surface area contributed by atoms with Crippen molar-refractivity contribution in [2.24, 2.45) is 11.8 Å². The lowest BCUT2D eigenvalue weighted by Crippen LogP contribution is -2.30. The van der Waals surface area contributed by atoms with Gasteiger partial charge in [0.25, 0.3) is 0 Å². The highest BCUT2D eigenvalue weighted by molar-refractivity contribution is 7.47. The van der Waals surface area contributed by atoms with Crippen LogP contribution < -0.4 is 0 Å². The highest BCUT2D eigenvalue weighted by Gasteiger charge is 2.30. The van der Waals surface area contributed by atoms with Gasteiger partial charge in [0.05, 0.1) is 26.4 Å². The number of ether oxygens (including phenoxy) is 4. The van der Waals surface area contributed by atoms with E-state index in [-0.39, 0.29) is 25.7 Å². The van der Waals surface area contributed by atoms with Crippen LogP contribution in [-0.2, 0) is 65.4 Å². The first-order chi connectivity index (χ1) is 45.4. The summed E-state index contributed by atoms with van der Waals surface area (Å²) in [5.74, 6) is -0.580. The lowest BCUT2D eigenvalue weighted by atomic mass is 10.0. The predicted molar refractivity (Wildman–Crippen MR) is 381 cm³/mol. The fraction of sp³-hybridized carbons (Fsp3) is 0.947. The number of phosphoric acid groups is 2. The van der Waals surface area contributed by atoms with E-state index in [4.69, 9.17) is 37.0 Å². The fourth-order valence-corrected chi connectivity index (χ4v) is 13.1. The van der Waals surface area contributed by atoms with E-state index < -0.39 is 97.5 Å². The van der Waals surface area contributed by atoms with Crippen molar-refractivity contribution in [3.05, 3.63) is 0 Å². The van der Waals surface area contributed by atoms with Gasteiger partial charge in [-0.15, -0.1) is 0 Å². The van der Waals surface area contributed by atoms with Crippen LogP contribution in [0.3, 0.4) is 0 Å². The zero-order valence-electron chi connectivity index (χ0n) is 61.3. The van der Waals surface area contributed by atoms with Crippen LogP contribution in [0.4, 0.5) is 0 Å². The molecule has 0 rings (SSSR count). The molecule has 0 aromatic carbocycles. The minimum Gasteiger partial charge on any atom is -0.462 e. The third-order valence-corrected chi connectivity index (χ3v) is 19.4. The molecule has 0 saturated heterocycles. The Morgan fingerprint density at radius 3 is 0.723 bits per heavy atom. The second-order valence-electron chi connectivity index (χ2n) is 28.0. The Hall–Kier alpha value is -1.94. The molecule has 0 bridgehead atoms. The smallest absolute Gasteiger partial charge is 0.462 e. The molecule has 17 nitrogen and oxygen atoms in total. The number of aliphatic hydroxyl groups is 1. The average molecular weight is 1380 g/mol. The van der Waals surface area contributed by atoms with E-state index in [1.54, 1.807) is 0 Å². The predicted octanol–water partition coefficient (Wildman–Crippen LogP) is 21.9.